The van der Waals surface area contributed by atoms with Gasteiger partial charge in [0.2, 0.25) is 0 Å². The number of allylic oxidation sites excluding steroid dienone is 5. The minimum atomic E-state index is -0.186. The zero-order valence-corrected chi connectivity index (χ0v) is 15.9. The van der Waals surface area contributed by atoms with Crippen molar-refractivity contribution in [2.75, 3.05) is 0 Å². The summed E-state index contributed by atoms with van der Waals surface area (Å²) in [6.45, 7) is 9.03. The van der Waals surface area contributed by atoms with Crippen molar-refractivity contribution in [2.45, 2.75) is 72.3 Å². The standard InChI is InChI=1S/C22H36O2/c1-5-16-11-9-12-17(6-2)20(16)15-21(24-23)22-18(7-3)13-10-14-19(22)8-4/h9-11,13,15-19,21-23H,5-8,12,14H2,1-4H3. The van der Waals surface area contributed by atoms with E-state index >= 15 is 0 Å². The Morgan fingerprint density at radius 1 is 1.04 bits per heavy atom. The molecule has 0 saturated carbocycles. The molecule has 0 spiro atoms. The van der Waals surface area contributed by atoms with Gasteiger partial charge < -0.3 is 0 Å². The Balaban J connectivity index is 2.34. The van der Waals surface area contributed by atoms with Crippen LogP contribution >= 0.6 is 0 Å². The van der Waals surface area contributed by atoms with Gasteiger partial charge in [0.15, 0.2) is 0 Å². The third kappa shape index (κ3) is 4.21. The second-order valence-corrected chi connectivity index (χ2v) is 7.50. The molecule has 0 aromatic carbocycles. The van der Waals surface area contributed by atoms with Gasteiger partial charge >= 0.3 is 0 Å². The third-order valence-electron chi connectivity index (χ3n) is 6.34. The summed E-state index contributed by atoms with van der Waals surface area (Å²) >= 11 is 0. The lowest BCUT2D eigenvalue weighted by Gasteiger charge is -2.38. The van der Waals surface area contributed by atoms with E-state index in [1.807, 2.05) is 0 Å². The molecular formula is C22H36O2. The molecule has 0 fully saturated rings. The van der Waals surface area contributed by atoms with Gasteiger partial charge in [0.05, 0.1) is 0 Å². The third-order valence-corrected chi connectivity index (χ3v) is 6.34. The normalized spacial score (nSPS) is 36.2. The van der Waals surface area contributed by atoms with Crippen molar-refractivity contribution >= 4 is 0 Å². The average molecular weight is 333 g/mol. The number of hydrogen-bond acceptors (Lipinski definition) is 2. The molecule has 0 aromatic heterocycles. The molecule has 2 nitrogen and oxygen atoms in total. The zero-order chi connectivity index (χ0) is 17.5. The second kappa shape index (κ2) is 9.58. The van der Waals surface area contributed by atoms with Crippen LogP contribution < -0.4 is 0 Å². The Labute approximate surface area is 148 Å². The van der Waals surface area contributed by atoms with Crippen molar-refractivity contribution in [3.8, 4) is 0 Å². The van der Waals surface area contributed by atoms with E-state index in [0.29, 0.717) is 29.6 Å². The summed E-state index contributed by atoms with van der Waals surface area (Å²) < 4.78 is 0. The maximum absolute atomic E-state index is 9.77. The van der Waals surface area contributed by atoms with Crippen LogP contribution in [-0.4, -0.2) is 11.4 Å². The molecule has 0 heterocycles. The van der Waals surface area contributed by atoms with E-state index in [2.05, 4.69) is 58.1 Å². The molecule has 0 amide bonds. The lowest BCUT2D eigenvalue weighted by atomic mass is 9.69. The highest BCUT2D eigenvalue weighted by Gasteiger charge is 2.36. The molecule has 2 aliphatic rings. The van der Waals surface area contributed by atoms with Crippen LogP contribution in [-0.2, 0) is 4.89 Å². The van der Waals surface area contributed by atoms with E-state index < -0.39 is 0 Å². The highest BCUT2D eigenvalue weighted by Crippen LogP contribution is 2.41. The molecule has 2 aliphatic carbocycles. The number of rotatable bonds is 7. The Kier molecular flexibility index (Phi) is 7.77. The molecule has 2 heteroatoms. The van der Waals surface area contributed by atoms with Crippen LogP contribution in [0.5, 0.6) is 0 Å². The maximum atomic E-state index is 9.77. The van der Waals surface area contributed by atoms with Crippen molar-refractivity contribution in [1.29, 1.82) is 0 Å². The summed E-state index contributed by atoms with van der Waals surface area (Å²) in [5, 5.41) is 9.77. The van der Waals surface area contributed by atoms with Crippen molar-refractivity contribution in [2.24, 2.45) is 29.6 Å². The Bertz CT molecular complexity index is 463. The van der Waals surface area contributed by atoms with Gasteiger partial charge in [-0.2, -0.15) is 0 Å². The summed E-state index contributed by atoms with van der Waals surface area (Å²) in [5.41, 5.74) is 1.49. The van der Waals surface area contributed by atoms with Crippen LogP contribution in [0.15, 0.2) is 36.0 Å². The van der Waals surface area contributed by atoms with Crippen molar-refractivity contribution in [1.82, 2.24) is 0 Å². The van der Waals surface area contributed by atoms with Crippen LogP contribution in [0.3, 0.4) is 0 Å². The minimum Gasteiger partial charge on any atom is -0.251 e. The minimum absolute atomic E-state index is 0.186. The van der Waals surface area contributed by atoms with Gasteiger partial charge in [0, 0.05) is 5.92 Å². The highest BCUT2D eigenvalue weighted by atomic mass is 17.1. The Morgan fingerprint density at radius 2 is 1.79 bits per heavy atom. The second-order valence-electron chi connectivity index (χ2n) is 7.50. The van der Waals surface area contributed by atoms with E-state index in [-0.39, 0.29) is 6.10 Å². The van der Waals surface area contributed by atoms with Gasteiger partial charge in [-0.3, -0.25) is 5.26 Å². The Hall–Kier alpha value is -0.860. The summed E-state index contributed by atoms with van der Waals surface area (Å²) in [6, 6.07) is 0. The predicted molar refractivity (Wildman–Crippen MR) is 102 cm³/mol. The van der Waals surface area contributed by atoms with E-state index in [1.54, 1.807) is 0 Å². The van der Waals surface area contributed by atoms with Crippen LogP contribution in [0, 0.1) is 29.6 Å². The SMILES string of the molecule is CCC1C=CCC(CC)C1=CC(OO)C1C(CC)C=CCC1CC. The molecule has 136 valence electrons. The molecule has 6 unspecified atom stereocenters. The largest absolute Gasteiger partial charge is 0.251 e. The first-order valence-electron chi connectivity index (χ1n) is 10.0. The van der Waals surface area contributed by atoms with E-state index in [9.17, 15) is 5.26 Å². The highest BCUT2D eigenvalue weighted by molar-refractivity contribution is 5.24. The van der Waals surface area contributed by atoms with Crippen molar-refractivity contribution in [3.63, 3.8) is 0 Å². The molecule has 6 atom stereocenters. The molecule has 0 aromatic rings. The lowest BCUT2D eigenvalue weighted by Crippen LogP contribution is -2.36. The predicted octanol–water partition coefficient (Wildman–Crippen LogP) is 6.41. The van der Waals surface area contributed by atoms with Gasteiger partial charge in [0.25, 0.3) is 0 Å². The molecule has 0 radical (unpaired) electrons. The fraction of sp³-hybridized carbons (Fsp3) is 0.727. The summed E-state index contributed by atoms with van der Waals surface area (Å²) in [4.78, 5) is 5.11. The Morgan fingerprint density at radius 3 is 2.38 bits per heavy atom. The quantitative estimate of drug-likeness (QED) is 0.331. The molecule has 1 N–H and O–H groups in total. The molecule has 24 heavy (non-hydrogen) atoms. The first-order chi connectivity index (χ1) is 11.7. The van der Waals surface area contributed by atoms with Gasteiger partial charge in [-0.1, -0.05) is 70.1 Å². The summed E-state index contributed by atoms with van der Waals surface area (Å²) in [5.74, 6) is 2.56. The van der Waals surface area contributed by atoms with Crippen LogP contribution in [0.1, 0.15) is 66.2 Å². The molecule has 0 saturated heterocycles. The first kappa shape index (κ1) is 19.5. The summed E-state index contributed by atoms with van der Waals surface area (Å²) in [6.07, 6.45) is 18.2. The average Bonchev–Trinajstić information content (AvgIpc) is 2.65. The van der Waals surface area contributed by atoms with Crippen molar-refractivity contribution < 1.29 is 10.1 Å². The van der Waals surface area contributed by atoms with Crippen molar-refractivity contribution in [3.05, 3.63) is 36.0 Å². The van der Waals surface area contributed by atoms with E-state index in [1.165, 1.54) is 5.57 Å². The summed E-state index contributed by atoms with van der Waals surface area (Å²) in [7, 11) is 0. The lowest BCUT2D eigenvalue weighted by molar-refractivity contribution is -0.283. The van der Waals surface area contributed by atoms with Gasteiger partial charge in [-0.25, -0.2) is 4.89 Å². The monoisotopic (exact) mass is 332 g/mol. The smallest absolute Gasteiger partial charge is 0.115 e. The molecule has 0 bridgehead atoms. The molecule has 2 rings (SSSR count). The van der Waals surface area contributed by atoms with E-state index in [4.69, 9.17) is 4.89 Å². The molecular weight excluding hydrogens is 296 g/mol. The van der Waals surface area contributed by atoms with E-state index in [0.717, 1.165) is 38.5 Å². The topological polar surface area (TPSA) is 29.5 Å². The van der Waals surface area contributed by atoms with Crippen LogP contribution in [0.4, 0.5) is 0 Å². The zero-order valence-electron chi connectivity index (χ0n) is 15.9. The van der Waals surface area contributed by atoms with Crippen LogP contribution in [0.2, 0.25) is 0 Å². The van der Waals surface area contributed by atoms with Gasteiger partial charge in [-0.05, 0) is 55.8 Å². The van der Waals surface area contributed by atoms with Gasteiger partial charge in [-0.15, -0.1) is 0 Å². The first-order valence-corrected chi connectivity index (χ1v) is 10.0. The fourth-order valence-corrected chi connectivity index (χ4v) is 4.81. The maximum Gasteiger partial charge on any atom is 0.115 e. The fourth-order valence-electron chi connectivity index (χ4n) is 4.81. The van der Waals surface area contributed by atoms with Crippen LogP contribution in [0.25, 0.3) is 0 Å². The number of hydrogen-bond donors (Lipinski definition) is 1. The molecule has 0 aliphatic heterocycles. The van der Waals surface area contributed by atoms with Gasteiger partial charge in [0.1, 0.15) is 6.10 Å².